The Morgan fingerprint density at radius 2 is 2.50 bits per heavy atom. The van der Waals surface area contributed by atoms with Crippen LogP contribution < -0.4 is 5.32 Å². The second-order valence-electron chi connectivity index (χ2n) is 2.82. The number of carbonyl (C=O) groups excluding carboxylic acids is 1. The van der Waals surface area contributed by atoms with Gasteiger partial charge in [-0.1, -0.05) is 6.08 Å². The van der Waals surface area contributed by atoms with Crippen LogP contribution in [-0.4, -0.2) is 12.5 Å². The summed E-state index contributed by atoms with van der Waals surface area (Å²) in [7, 11) is 0. The zero-order valence-corrected chi connectivity index (χ0v) is 6.97. The van der Waals surface area contributed by atoms with Crippen molar-refractivity contribution >= 4 is 5.91 Å². The minimum Gasteiger partial charge on any atom is -0.339 e. The van der Waals surface area contributed by atoms with Gasteiger partial charge in [-0.25, -0.2) is 0 Å². The van der Waals surface area contributed by atoms with Crippen LogP contribution in [0.5, 0.6) is 0 Å². The molecule has 0 saturated heterocycles. The third-order valence-corrected chi connectivity index (χ3v) is 1.91. The summed E-state index contributed by atoms with van der Waals surface area (Å²) in [5, 5.41) is 10.8. The predicted molar refractivity (Wildman–Crippen MR) is 45.2 cm³/mol. The first-order valence-electron chi connectivity index (χ1n) is 4.19. The third kappa shape index (κ3) is 2.39. The molecule has 0 spiro atoms. The molecule has 1 amide bonds. The standard InChI is InChI=1S/C9H12N2O/c10-6-7-11-9(12)8-4-2-1-3-5-8/h4H,1-3,5,7H2,(H,11,12). The van der Waals surface area contributed by atoms with Gasteiger partial charge in [-0.05, 0) is 25.7 Å². The third-order valence-electron chi connectivity index (χ3n) is 1.91. The Hall–Kier alpha value is -1.30. The van der Waals surface area contributed by atoms with Crippen LogP contribution >= 0.6 is 0 Å². The maximum Gasteiger partial charge on any atom is 0.247 e. The smallest absolute Gasteiger partial charge is 0.247 e. The molecular formula is C9H12N2O. The number of rotatable bonds is 2. The molecule has 3 nitrogen and oxygen atoms in total. The van der Waals surface area contributed by atoms with E-state index in [2.05, 4.69) is 5.32 Å². The molecule has 0 saturated carbocycles. The fourth-order valence-electron chi connectivity index (χ4n) is 1.28. The Morgan fingerprint density at radius 3 is 3.08 bits per heavy atom. The molecule has 0 aromatic carbocycles. The lowest BCUT2D eigenvalue weighted by molar-refractivity contribution is -0.117. The minimum absolute atomic E-state index is 0.0729. The number of hydrogen-bond acceptors (Lipinski definition) is 2. The van der Waals surface area contributed by atoms with Crippen molar-refractivity contribution < 1.29 is 4.79 Å². The van der Waals surface area contributed by atoms with Crippen LogP contribution in [0.2, 0.25) is 0 Å². The zero-order valence-electron chi connectivity index (χ0n) is 6.97. The average Bonchev–Trinajstić information content (AvgIpc) is 2.15. The molecule has 64 valence electrons. The molecule has 0 aromatic heterocycles. The Kier molecular flexibility index (Phi) is 3.34. The van der Waals surface area contributed by atoms with Gasteiger partial charge in [0.2, 0.25) is 5.91 Å². The quantitative estimate of drug-likeness (QED) is 0.622. The molecule has 0 radical (unpaired) electrons. The van der Waals surface area contributed by atoms with E-state index in [4.69, 9.17) is 5.26 Å². The Morgan fingerprint density at radius 1 is 1.67 bits per heavy atom. The van der Waals surface area contributed by atoms with E-state index < -0.39 is 0 Å². The van der Waals surface area contributed by atoms with Gasteiger partial charge < -0.3 is 5.32 Å². The summed E-state index contributed by atoms with van der Waals surface area (Å²) in [6.45, 7) is 0.107. The second kappa shape index (κ2) is 4.55. The highest BCUT2D eigenvalue weighted by atomic mass is 16.1. The van der Waals surface area contributed by atoms with Crippen molar-refractivity contribution in [2.45, 2.75) is 25.7 Å². The number of carbonyl (C=O) groups is 1. The topological polar surface area (TPSA) is 52.9 Å². The van der Waals surface area contributed by atoms with Crippen molar-refractivity contribution in [2.75, 3.05) is 6.54 Å². The van der Waals surface area contributed by atoms with Gasteiger partial charge in [-0.3, -0.25) is 4.79 Å². The lowest BCUT2D eigenvalue weighted by Gasteiger charge is -2.10. The molecule has 0 fully saturated rings. The van der Waals surface area contributed by atoms with E-state index in [1.807, 2.05) is 12.1 Å². The number of nitriles is 1. The van der Waals surface area contributed by atoms with Crippen molar-refractivity contribution in [1.29, 1.82) is 5.26 Å². The first-order chi connectivity index (χ1) is 5.84. The molecular weight excluding hydrogens is 152 g/mol. The van der Waals surface area contributed by atoms with Gasteiger partial charge in [-0.2, -0.15) is 5.26 Å². The number of amides is 1. The Labute approximate surface area is 72.1 Å². The first-order valence-corrected chi connectivity index (χ1v) is 4.19. The van der Waals surface area contributed by atoms with Gasteiger partial charge >= 0.3 is 0 Å². The number of allylic oxidation sites excluding steroid dienone is 1. The highest BCUT2D eigenvalue weighted by molar-refractivity contribution is 5.93. The Balaban J connectivity index is 2.41. The highest BCUT2D eigenvalue weighted by Crippen LogP contribution is 2.16. The van der Waals surface area contributed by atoms with Crippen LogP contribution in [0.15, 0.2) is 11.6 Å². The van der Waals surface area contributed by atoms with Gasteiger partial charge in [0.1, 0.15) is 6.54 Å². The van der Waals surface area contributed by atoms with E-state index in [1.54, 1.807) is 0 Å². The Bertz CT molecular complexity index is 237. The summed E-state index contributed by atoms with van der Waals surface area (Å²) in [4.78, 5) is 11.2. The lowest BCUT2D eigenvalue weighted by Crippen LogP contribution is -2.25. The van der Waals surface area contributed by atoms with E-state index in [0.717, 1.165) is 24.8 Å². The molecule has 1 aliphatic carbocycles. The first kappa shape index (κ1) is 8.79. The number of hydrogen-bond donors (Lipinski definition) is 1. The maximum atomic E-state index is 11.2. The monoisotopic (exact) mass is 164 g/mol. The fourth-order valence-corrected chi connectivity index (χ4v) is 1.28. The van der Waals surface area contributed by atoms with Gasteiger partial charge in [0, 0.05) is 5.57 Å². The van der Waals surface area contributed by atoms with Crippen LogP contribution in [0, 0.1) is 11.3 Å². The molecule has 1 rings (SSSR count). The van der Waals surface area contributed by atoms with Gasteiger partial charge in [0.25, 0.3) is 0 Å². The zero-order chi connectivity index (χ0) is 8.81. The van der Waals surface area contributed by atoms with Crippen molar-refractivity contribution in [2.24, 2.45) is 0 Å². The molecule has 0 heterocycles. The van der Waals surface area contributed by atoms with Crippen LogP contribution in [0.4, 0.5) is 0 Å². The van der Waals surface area contributed by atoms with Gasteiger partial charge in [-0.15, -0.1) is 0 Å². The fraction of sp³-hybridized carbons (Fsp3) is 0.556. The van der Waals surface area contributed by atoms with E-state index in [9.17, 15) is 4.79 Å². The van der Waals surface area contributed by atoms with Crippen LogP contribution in [-0.2, 0) is 4.79 Å². The SMILES string of the molecule is N#CCNC(=O)C1=CCCCC1. The van der Waals surface area contributed by atoms with Crippen molar-refractivity contribution in [3.8, 4) is 6.07 Å². The molecule has 1 N–H and O–H groups in total. The number of nitrogens with zero attached hydrogens (tertiary/aromatic N) is 1. The molecule has 0 unspecified atom stereocenters. The molecule has 1 aliphatic rings. The molecule has 12 heavy (non-hydrogen) atoms. The predicted octanol–water partition coefficient (Wildman–Crippen LogP) is 1.13. The summed E-state index contributed by atoms with van der Waals surface area (Å²) < 4.78 is 0. The summed E-state index contributed by atoms with van der Waals surface area (Å²) in [5.41, 5.74) is 0.844. The van der Waals surface area contributed by atoms with E-state index >= 15 is 0 Å². The number of nitrogens with one attached hydrogen (secondary N) is 1. The molecule has 0 aliphatic heterocycles. The average molecular weight is 164 g/mol. The van der Waals surface area contributed by atoms with Gasteiger partial charge in [0.15, 0.2) is 0 Å². The van der Waals surface area contributed by atoms with Crippen molar-refractivity contribution in [3.63, 3.8) is 0 Å². The van der Waals surface area contributed by atoms with E-state index in [1.165, 1.54) is 6.42 Å². The van der Waals surface area contributed by atoms with Crippen molar-refractivity contribution in [1.82, 2.24) is 5.32 Å². The largest absolute Gasteiger partial charge is 0.339 e. The van der Waals surface area contributed by atoms with Crippen LogP contribution in [0.3, 0.4) is 0 Å². The maximum absolute atomic E-state index is 11.2. The lowest BCUT2D eigenvalue weighted by atomic mass is 9.99. The summed E-state index contributed by atoms with van der Waals surface area (Å²) >= 11 is 0. The van der Waals surface area contributed by atoms with Crippen LogP contribution in [0.1, 0.15) is 25.7 Å². The van der Waals surface area contributed by atoms with Gasteiger partial charge in [0.05, 0.1) is 6.07 Å². The summed E-state index contributed by atoms with van der Waals surface area (Å²) in [6.07, 6.45) is 6.09. The van der Waals surface area contributed by atoms with E-state index in [0.29, 0.717) is 0 Å². The molecule has 3 heteroatoms. The van der Waals surface area contributed by atoms with E-state index in [-0.39, 0.29) is 12.5 Å². The normalized spacial score (nSPS) is 16.1. The molecule has 0 atom stereocenters. The molecule has 0 bridgehead atoms. The minimum atomic E-state index is -0.0729. The summed E-state index contributed by atoms with van der Waals surface area (Å²) in [5.74, 6) is -0.0729. The summed E-state index contributed by atoms with van der Waals surface area (Å²) in [6, 6.07) is 1.88. The van der Waals surface area contributed by atoms with Crippen LogP contribution in [0.25, 0.3) is 0 Å². The highest BCUT2D eigenvalue weighted by Gasteiger charge is 2.10. The van der Waals surface area contributed by atoms with Crippen molar-refractivity contribution in [3.05, 3.63) is 11.6 Å². The molecule has 0 aromatic rings. The second-order valence-corrected chi connectivity index (χ2v) is 2.82.